The Bertz CT molecular complexity index is 642. The maximum atomic E-state index is 12.4. The van der Waals surface area contributed by atoms with Crippen molar-refractivity contribution in [1.82, 2.24) is 15.2 Å². The highest BCUT2D eigenvalue weighted by Crippen LogP contribution is 2.30. The smallest absolute Gasteiger partial charge is 0.209 e. The van der Waals surface area contributed by atoms with Crippen LogP contribution < -0.4 is 9.47 Å². The summed E-state index contributed by atoms with van der Waals surface area (Å²) in [5.41, 5.74) is 0.569. The summed E-state index contributed by atoms with van der Waals surface area (Å²) >= 11 is 1.32. The lowest BCUT2D eigenvalue weighted by Gasteiger charge is -2.11. The van der Waals surface area contributed by atoms with Gasteiger partial charge in [0.1, 0.15) is 5.82 Å². The second-order valence-electron chi connectivity index (χ2n) is 4.40. The predicted octanol–water partition coefficient (Wildman–Crippen LogP) is 2.49. The highest BCUT2D eigenvalue weighted by molar-refractivity contribution is 8.00. The molecule has 0 aliphatic rings. The number of benzene rings is 1. The molecule has 0 aliphatic carbocycles. The van der Waals surface area contributed by atoms with Gasteiger partial charge in [0.25, 0.3) is 0 Å². The third-order valence-electron chi connectivity index (χ3n) is 2.90. The summed E-state index contributed by atoms with van der Waals surface area (Å²) < 4.78 is 10.4. The van der Waals surface area contributed by atoms with Crippen molar-refractivity contribution in [2.45, 2.75) is 24.3 Å². The van der Waals surface area contributed by atoms with Gasteiger partial charge in [-0.05, 0) is 32.0 Å². The number of hydrogen-bond donors (Lipinski definition) is 1. The fraction of sp³-hybridized carbons (Fsp3) is 0.357. The number of ketones is 1. The average Bonchev–Trinajstić information content (AvgIpc) is 2.90. The molecule has 1 heterocycles. The first kappa shape index (κ1) is 15.4. The lowest BCUT2D eigenvalue weighted by atomic mass is 10.1. The Balaban J connectivity index is 2.15. The molecule has 0 saturated carbocycles. The van der Waals surface area contributed by atoms with Crippen molar-refractivity contribution < 1.29 is 14.3 Å². The Morgan fingerprint density at radius 3 is 2.57 bits per heavy atom. The maximum Gasteiger partial charge on any atom is 0.209 e. The number of methoxy groups -OCH3 is 2. The van der Waals surface area contributed by atoms with E-state index < -0.39 is 0 Å². The fourth-order valence-electron chi connectivity index (χ4n) is 1.81. The summed E-state index contributed by atoms with van der Waals surface area (Å²) in [6.07, 6.45) is 0. The zero-order valence-corrected chi connectivity index (χ0v) is 13.2. The van der Waals surface area contributed by atoms with E-state index in [0.29, 0.717) is 22.2 Å². The van der Waals surface area contributed by atoms with E-state index >= 15 is 0 Å². The fourth-order valence-corrected chi connectivity index (χ4v) is 2.66. The maximum absolute atomic E-state index is 12.4. The van der Waals surface area contributed by atoms with Crippen molar-refractivity contribution in [1.29, 1.82) is 0 Å². The van der Waals surface area contributed by atoms with E-state index in [1.807, 2.05) is 13.8 Å². The number of ether oxygens (including phenoxy) is 2. The van der Waals surface area contributed by atoms with Gasteiger partial charge in [-0.1, -0.05) is 11.8 Å². The van der Waals surface area contributed by atoms with Crippen LogP contribution in [0.5, 0.6) is 11.5 Å². The summed E-state index contributed by atoms with van der Waals surface area (Å²) in [5.74, 6) is 1.85. The van der Waals surface area contributed by atoms with Crippen molar-refractivity contribution in [3.8, 4) is 11.5 Å². The van der Waals surface area contributed by atoms with E-state index in [1.54, 1.807) is 32.4 Å². The van der Waals surface area contributed by atoms with Crippen molar-refractivity contribution in [3.63, 3.8) is 0 Å². The Morgan fingerprint density at radius 2 is 2.00 bits per heavy atom. The Hall–Kier alpha value is -2.02. The number of H-pyrrole nitrogens is 1. The largest absolute Gasteiger partial charge is 0.493 e. The molecule has 2 aromatic rings. The standard InChI is InChI=1S/C14H17N3O3S/c1-8(21-14-15-9(2)16-17-14)13(18)10-5-6-11(19-3)12(7-10)20-4/h5-8H,1-4H3,(H,15,16,17)/t8-/m1/s1. The molecule has 112 valence electrons. The molecule has 21 heavy (non-hydrogen) atoms. The van der Waals surface area contributed by atoms with Crippen molar-refractivity contribution in [2.75, 3.05) is 14.2 Å². The number of rotatable bonds is 6. The van der Waals surface area contributed by atoms with Gasteiger partial charge in [-0.3, -0.25) is 9.89 Å². The zero-order valence-electron chi connectivity index (χ0n) is 12.3. The van der Waals surface area contributed by atoms with Gasteiger partial charge in [0.2, 0.25) is 5.16 Å². The molecule has 1 aromatic carbocycles. The molecule has 1 atom stereocenters. The van der Waals surface area contributed by atoms with Crippen LogP contribution in [0.25, 0.3) is 0 Å². The van der Waals surface area contributed by atoms with Crippen LogP contribution in [0.2, 0.25) is 0 Å². The number of nitrogens with one attached hydrogen (secondary N) is 1. The minimum atomic E-state index is -0.293. The molecule has 0 unspecified atom stereocenters. The molecule has 2 rings (SSSR count). The number of carbonyl (C=O) groups excluding carboxylic acids is 1. The first-order valence-electron chi connectivity index (χ1n) is 6.37. The summed E-state index contributed by atoms with van der Waals surface area (Å²) in [4.78, 5) is 16.6. The third-order valence-corrected chi connectivity index (χ3v) is 3.86. The minimum absolute atomic E-state index is 0.0107. The van der Waals surface area contributed by atoms with Crippen LogP contribution in [-0.4, -0.2) is 40.4 Å². The molecule has 0 saturated heterocycles. The number of thioether (sulfide) groups is 1. The highest BCUT2D eigenvalue weighted by atomic mass is 32.2. The van der Waals surface area contributed by atoms with Gasteiger partial charge < -0.3 is 9.47 Å². The van der Waals surface area contributed by atoms with Crippen molar-refractivity contribution in [2.24, 2.45) is 0 Å². The lowest BCUT2D eigenvalue weighted by molar-refractivity contribution is 0.0993. The van der Waals surface area contributed by atoms with E-state index in [2.05, 4.69) is 15.2 Å². The van der Waals surface area contributed by atoms with E-state index in [4.69, 9.17) is 9.47 Å². The molecule has 0 spiro atoms. The van der Waals surface area contributed by atoms with Crippen LogP contribution in [0.15, 0.2) is 23.4 Å². The molecule has 7 heteroatoms. The SMILES string of the molecule is COc1ccc(C(=O)[C@@H](C)Sc2n[nH]c(C)n2)cc1OC. The lowest BCUT2D eigenvalue weighted by Crippen LogP contribution is -2.14. The van der Waals surface area contributed by atoms with Gasteiger partial charge >= 0.3 is 0 Å². The molecular weight excluding hydrogens is 290 g/mol. The van der Waals surface area contributed by atoms with Crippen molar-refractivity contribution in [3.05, 3.63) is 29.6 Å². The molecule has 1 aromatic heterocycles. The number of nitrogens with zero attached hydrogens (tertiary/aromatic N) is 2. The molecule has 0 bridgehead atoms. The van der Waals surface area contributed by atoms with E-state index in [1.165, 1.54) is 11.8 Å². The third kappa shape index (κ3) is 3.55. The molecule has 0 fully saturated rings. The van der Waals surface area contributed by atoms with E-state index in [-0.39, 0.29) is 11.0 Å². The minimum Gasteiger partial charge on any atom is -0.493 e. The van der Waals surface area contributed by atoms with Crippen LogP contribution in [0, 0.1) is 6.92 Å². The van der Waals surface area contributed by atoms with E-state index in [9.17, 15) is 4.79 Å². The number of aromatic amines is 1. The molecule has 0 radical (unpaired) electrons. The van der Waals surface area contributed by atoms with Crippen LogP contribution >= 0.6 is 11.8 Å². The second-order valence-corrected chi connectivity index (χ2v) is 5.71. The van der Waals surface area contributed by atoms with Crippen LogP contribution in [0.4, 0.5) is 0 Å². The summed E-state index contributed by atoms with van der Waals surface area (Å²) in [5, 5.41) is 7.05. The topological polar surface area (TPSA) is 77.1 Å². The normalized spacial score (nSPS) is 12.0. The Labute approximate surface area is 127 Å². The average molecular weight is 307 g/mol. The van der Waals surface area contributed by atoms with Gasteiger partial charge in [0.05, 0.1) is 19.5 Å². The van der Waals surface area contributed by atoms with Crippen LogP contribution in [0.3, 0.4) is 0 Å². The second kappa shape index (κ2) is 6.62. The van der Waals surface area contributed by atoms with Gasteiger partial charge in [-0.15, -0.1) is 5.10 Å². The molecule has 6 nitrogen and oxygen atoms in total. The van der Waals surface area contributed by atoms with E-state index in [0.717, 1.165) is 5.82 Å². The summed E-state index contributed by atoms with van der Waals surface area (Å²) in [6.45, 7) is 3.65. The molecular formula is C14H17N3O3S. The molecule has 0 aliphatic heterocycles. The van der Waals surface area contributed by atoms with Gasteiger partial charge in [-0.2, -0.15) is 0 Å². The first-order valence-corrected chi connectivity index (χ1v) is 7.25. The number of Topliss-reactive ketones (excluding diaryl/α,β-unsaturated/α-hetero) is 1. The zero-order chi connectivity index (χ0) is 15.4. The predicted molar refractivity (Wildman–Crippen MR) is 80.3 cm³/mol. The van der Waals surface area contributed by atoms with Crippen molar-refractivity contribution >= 4 is 17.5 Å². The van der Waals surface area contributed by atoms with Crippen LogP contribution in [-0.2, 0) is 0 Å². The number of aromatic nitrogens is 3. The number of aryl methyl sites for hydroxylation is 1. The number of hydrogen-bond acceptors (Lipinski definition) is 6. The van der Waals surface area contributed by atoms with Gasteiger partial charge in [0, 0.05) is 5.56 Å². The van der Waals surface area contributed by atoms with Gasteiger partial charge in [-0.25, -0.2) is 4.98 Å². The first-order chi connectivity index (χ1) is 10.0. The quantitative estimate of drug-likeness (QED) is 0.652. The van der Waals surface area contributed by atoms with Crippen LogP contribution in [0.1, 0.15) is 23.1 Å². The Kier molecular flexibility index (Phi) is 4.85. The van der Waals surface area contributed by atoms with Gasteiger partial charge in [0.15, 0.2) is 17.3 Å². The summed E-state index contributed by atoms with van der Waals surface area (Å²) in [7, 11) is 3.10. The highest BCUT2D eigenvalue weighted by Gasteiger charge is 2.20. The molecule has 1 N–H and O–H groups in total. The Morgan fingerprint density at radius 1 is 1.29 bits per heavy atom. The summed E-state index contributed by atoms with van der Waals surface area (Å²) in [6, 6.07) is 5.13. The monoisotopic (exact) mass is 307 g/mol. The number of carbonyl (C=O) groups is 1. The molecule has 0 amide bonds.